The summed E-state index contributed by atoms with van der Waals surface area (Å²) in [6.45, 7) is 7.57. The van der Waals surface area contributed by atoms with Crippen LogP contribution in [0.5, 0.6) is 0 Å². The SMILES string of the molecule is CC(C)CC(N)CN1CCN(C)c2ccccc21. The fourth-order valence-electron chi connectivity index (χ4n) is 2.72. The van der Waals surface area contributed by atoms with Crippen LogP contribution in [0.1, 0.15) is 20.3 Å². The molecule has 0 saturated heterocycles. The maximum Gasteiger partial charge on any atom is 0.0605 e. The number of hydrogen-bond acceptors (Lipinski definition) is 3. The lowest BCUT2D eigenvalue weighted by molar-refractivity contribution is 0.487. The zero-order valence-electron chi connectivity index (χ0n) is 11.8. The summed E-state index contributed by atoms with van der Waals surface area (Å²) in [5.41, 5.74) is 8.89. The van der Waals surface area contributed by atoms with Gasteiger partial charge in [-0.3, -0.25) is 0 Å². The molecule has 1 aromatic rings. The molecular formula is C15H25N3. The van der Waals surface area contributed by atoms with Crippen LogP contribution < -0.4 is 15.5 Å². The van der Waals surface area contributed by atoms with Crippen LogP contribution in [-0.2, 0) is 0 Å². The first-order valence-corrected chi connectivity index (χ1v) is 6.88. The van der Waals surface area contributed by atoms with E-state index < -0.39 is 0 Å². The lowest BCUT2D eigenvalue weighted by atomic mass is 10.0. The van der Waals surface area contributed by atoms with Crippen molar-refractivity contribution in [1.82, 2.24) is 0 Å². The predicted octanol–water partition coefficient (Wildman–Crippen LogP) is 2.32. The van der Waals surface area contributed by atoms with E-state index in [4.69, 9.17) is 5.73 Å². The summed E-state index contributed by atoms with van der Waals surface area (Å²) >= 11 is 0. The van der Waals surface area contributed by atoms with Crippen LogP contribution in [0.3, 0.4) is 0 Å². The zero-order valence-corrected chi connectivity index (χ0v) is 11.8. The molecule has 1 aliphatic rings. The Morgan fingerprint density at radius 1 is 1.17 bits per heavy atom. The average molecular weight is 247 g/mol. The van der Waals surface area contributed by atoms with Crippen molar-refractivity contribution in [2.45, 2.75) is 26.3 Å². The Bertz CT molecular complexity index is 389. The van der Waals surface area contributed by atoms with E-state index in [1.807, 2.05) is 0 Å². The van der Waals surface area contributed by atoms with Crippen LogP contribution in [0.4, 0.5) is 11.4 Å². The number of likely N-dealkylation sites (N-methyl/N-ethyl adjacent to an activating group) is 1. The van der Waals surface area contributed by atoms with Gasteiger partial charge in [-0.25, -0.2) is 0 Å². The summed E-state index contributed by atoms with van der Waals surface area (Å²) in [6.07, 6.45) is 1.09. The van der Waals surface area contributed by atoms with Gasteiger partial charge in [-0.1, -0.05) is 26.0 Å². The van der Waals surface area contributed by atoms with E-state index in [0.717, 1.165) is 26.1 Å². The van der Waals surface area contributed by atoms with Gasteiger partial charge in [-0.2, -0.15) is 0 Å². The molecule has 0 fully saturated rings. The lowest BCUT2D eigenvalue weighted by Crippen LogP contribution is -2.45. The van der Waals surface area contributed by atoms with Crippen LogP contribution in [-0.4, -0.2) is 32.7 Å². The van der Waals surface area contributed by atoms with Gasteiger partial charge in [0, 0.05) is 32.7 Å². The van der Waals surface area contributed by atoms with Crippen LogP contribution in [0.15, 0.2) is 24.3 Å². The molecule has 18 heavy (non-hydrogen) atoms. The molecule has 1 unspecified atom stereocenters. The third kappa shape index (κ3) is 2.96. The van der Waals surface area contributed by atoms with Crippen molar-refractivity contribution < 1.29 is 0 Å². The molecule has 0 bridgehead atoms. The molecule has 0 aliphatic carbocycles. The lowest BCUT2D eigenvalue weighted by Gasteiger charge is -2.38. The first-order chi connectivity index (χ1) is 8.58. The quantitative estimate of drug-likeness (QED) is 0.886. The fraction of sp³-hybridized carbons (Fsp3) is 0.600. The molecule has 1 aromatic carbocycles. The summed E-state index contributed by atoms with van der Waals surface area (Å²) in [5, 5.41) is 0. The molecule has 1 aliphatic heterocycles. The van der Waals surface area contributed by atoms with Gasteiger partial charge in [0.25, 0.3) is 0 Å². The summed E-state index contributed by atoms with van der Waals surface area (Å²) in [5.74, 6) is 0.669. The standard InChI is InChI=1S/C15H25N3/c1-12(2)10-13(16)11-18-9-8-17(3)14-6-4-5-7-15(14)18/h4-7,12-13H,8-11,16H2,1-3H3. The van der Waals surface area contributed by atoms with Gasteiger partial charge in [0.05, 0.1) is 11.4 Å². The number of benzene rings is 1. The van der Waals surface area contributed by atoms with Crippen LogP contribution in [0.25, 0.3) is 0 Å². The minimum absolute atomic E-state index is 0.265. The summed E-state index contributed by atoms with van der Waals surface area (Å²) in [7, 11) is 2.16. The molecule has 2 N–H and O–H groups in total. The highest BCUT2D eigenvalue weighted by Gasteiger charge is 2.21. The Morgan fingerprint density at radius 3 is 2.50 bits per heavy atom. The monoisotopic (exact) mass is 247 g/mol. The van der Waals surface area contributed by atoms with Gasteiger partial charge in [-0.15, -0.1) is 0 Å². The zero-order chi connectivity index (χ0) is 13.1. The third-order valence-electron chi connectivity index (χ3n) is 3.57. The first-order valence-electron chi connectivity index (χ1n) is 6.88. The molecule has 0 radical (unpaired) electrons. The van der Waals surface area contributed by atoms with Gasteiger partial charge in [0.1, 0.15) is 0 Å². The number of anilines is 2. The van der Waals surface area contributed by atoms with Crippen molar-refractivity contribution in [3.05, 3.63) is 24.3 Å². The summed E-state index contributed by atoms with van der Waals surface area (Å²) in [6, 6.07) is 8.87. The second-order valence-corrected chi connectivity index (χ2v) is 5.75. The summed E-state index contributed by atoms with van der Waals surface area (Å²) < 4.78 is 0. The molecular weight excluding hydrogens is 222 g/mol. The largest absolute Gasteiger partial charge is 0.371 e. The van der Waals surface area contributed by atoms with Crippen LogP contribution >= 0.6 is 0 Å². The normalized spacial score (nSPS) is 16.9. The molecule has 2 rings (SSSR count). The Morgan fingerprint density at radius 2 is 1.83 bits per heavy atom. The topological polar surface area (TPSA) is 32.5 Å². The molecule has 0 saturated carbocycles. The van der Waals surface area contributed by atoms with E-state index in [0.29, 0.717) is 5.92 Å². The van der Waals surface area contributed by atoms with Crippen LogP contribution in [0.2, 0.25) is 0 Å². The Hall–Kier alpha value is -1.22. The highest BCUT2D eigenvalue weighted by Crippen LogP contribution is 2.31. The number of nitrogens with two attached hydrogens (primary N) is 1. The smallest absolute Gasteiger partial charge is 0.0605 e. The van der Waals surface area contributed by atoms with Crippen molar-refractivity contribution in [2.75, 3.05) is 36.5 Å². The highest BCUT2D eigenvalue weighted by atomic mass is 15.3. The van der Waals surface area contributed by atoms with Gasteiger partial charge < -0.3 is 15.5 Å². The predicted molar refractivity (Wildman–Crippen MR) is 79.4 cm³/mol. The fourth-order valence-corrected chi connectivity index (χ4v) is 2.72. The molecule has 0 amide bonds. The molecule has 0 aromatic heterocycles. The van der Waals surface area contributed by atoms with Gasteiger partial charge in [0.15, 0.2) is 0 Å². The minimum Gasteiger partial charge on any atom is -0.371 e. The van der Waals surface area contributed by atoms with Gasteiger partial charge >= 0.3 is 0 Å². The van der Waals surface area contributed by atoms with E-state index in [9.17, 15) is 0 Å². The third-order valence-corrected chi connectivity index (χ3v) is 3.57. The maximum atomic E-state index is 6.24. The van der Waals surface area contributed by atoms with Crippen molar-refractivity contribution in [3.8, 4) is 0 Å². The van der Waals surface area contributed by atoms with Gasteiger partial charge in [0.2, 0.25) is 0 Å². The number of nitrogens with zero attached hydrogens (tertiary/aromatic N) is 2. The number of rotatable bonds is 4. The molecule has 1 heterocycles. The van der Waals surface area contributed by atoms with E-state index in [-0.39, 0.29) is 6.04 Å². The Labute approximate surface area is 111 Å². The maximum absolute atomic E-state index is 6.24. The van der Waals surface area contributed by atoms with Gasteiger partial charge in [-0.05, 0) is 24.5 Å². The van der Waals surface area contributed by atoms with E-state index in [1.165, 1.54) is 11.4 Å². The molecule has 3 heteroatoms. The van der Waals surface area contributed by atoms with Crippen molar-refractivity contribution in [1.29, 1.82) is 0 Å². The molecule has 0 spiro atoms. The Kier molecular flexibility index (Phi) is 4.12. The van der Waals surface area contributed by atoms with E-state index in [2.05, 4.69) is 55.0 Å². The summed E-state index contributed by atoms with van der Waals surface area (Å²) in [4.78, 5) is 4.75. The number of hydrogen-bond donors (Lipinski definition) is 1. The second-order valence-electron chi connectivity index (χ2n) is 5.75. The molecule has 3 nitrogen and oxygen atoms in total. The Balaban J connectivity index is 2.09. The van der Waals surface area contributed by atoms with E-state index >= 15 is 0 Å². The van der Waals surface area contributed by atoms with Crippen molar-refractivity contribution >= 4 is 11.4 Å². The highest BCUT2D eigenvalue weighted by molar-refractivity contribution is 5.73. The number of para-hydroxylation sites is 2. The second kappa shape index (κ2) is 5.61. The van der Waals surface area contributed by atoms with Crippen LogP contribution in [0, 0.1) is 5.92 Å². The average Bonchev–Trinajstić information content (AvgIpc) is 2.32. The van der Waals surface area contributed by atoms with E-state index in [1.54, 1.807) is 0 Å². The van der Waals surface area contributed by atoms with Crippen molar-refractivity contribution in [2.24, 2.45) is 11.7 Å². The molecule has 1 atom stereocenters. The number of fused-ring (bicyclic) bond motifs is 1. The van der Waals surface area contributed by atoms with Crippen molar-refractivity contribution in [3.63, 3.8) is 0 Å². The molecule has 100 valence electrons. The minimum atomic E-state index is 0.265. The first kappa shape index (κ1) is 13.2.